The summed E-state index contributed by atoms with van der Waals surface area (Å²) in [6.07, 6.45) is -2.15. The largest absolute Gasteiger partial charge is 0.389 e. The predicted octanol–water partition coefficient (Wildman–Crippen LogP) is 1.71. The van der Waals surface area contributed by atoms with Crippen molar-refractivity contribution >= 4 is 0 Å². The Labute approximate surface area is 104 Å². The zero-order valence-corrected chi connectivity index (χ0v) is 10.1. The maximum atomic E-state index is 12.0. The first kappa shape index (κ1) is 14.8. The Morgan fingerprint density at radius 1 is 1.28 bits per heavy atom. The number of hydrogen-bond donors (Lipinski definition) is 1. The van der Waals surface area contributed by atoms with Gasteiger partial charge in [-0.25, -0.2) is 9.97 Å². The minimum absolute atomic E-state index is 0.180. The maximum Gasteiger partial charge on any atom is 0.389 e. The van der Waals surface area contributed by atoms with Crippen molar-refractivity contribution in [3.8, 4) is 0 Å². The number of ether oxygens (including phenoxy) is 1. The molecule has 18 heavy (non-hydrogen) atoms. The van der Waals surface area contributed by atoms with Crippen LogP contribution >= 0.6 is 0 Å². The Kier molecular flexibility index (Phi) is 6.00. The topological polar surface area (TPSA) is 47.0 Å². The fourth-order valence-corrected chi connectivity index (χ4v) is 1.26. The third kappa shape index (κ3) is 6.51. The summed E-state index contributed by atoms with van der Waals surface area (Å²) in [5, 5.41) is 3.09. The van der Waals surface area contributed by atoms with Gasteiger partial charge in [0.2, 0.25) is 0 Å². The van der Waals surface area contributed by atoms with Gasteiger partial charge in [-0.3, -0.25) is 0 Å². The number of methoxy groups -OCH3 is 1. The number of alkyl halides is 3. The molecule has 0 saturated heterocycles. The number of halogens is 3. The third-order valence-corrected chi connectivity index (χ3v) is 2.20. The summed E-state index contributed by atoms with van der Waals surface area (Å²) in [7, 11) is 1.61. The van der Waals surface area contributed by atoms with Gasteiger partial charge in [-0.15, -0.1) is 0 Å². The van der Waals surface area contributed by atoms with Crippen LogP contribution in [0.3, 0.4) is 0 Å². The second-order valence-electron chi connectivity index (χ2n) is 3.79. The van der Waals surface area contributed by atoms with E-state index >= 15 is 0 Å². The summed E-state index contributed by atoms with van der Waals surface area (Å²) in [6.45, 7) is 1.87. The minimum atomic E-state index is -4.16. The number of hydrogen-bond acceptors (Lipinski definition) is 4. The van der Waals surface area contributed by atoms with E-state index in [1.165, 1.54) is 0 Å². The first-order valence-electron chi connectivity index (χ1n) is 5.57. The molecule has 0 aliphatic carbocycles. The highest BCUT2D eigenvalue weighted by Gasteiger charge is 2.26. The second-order valence-corrected chi connectivity index (χ2v) is 3.79. The molecule has 0 atom stereocenters. The average molecular weight is 263 g/mol. The van der Waals surface area contributed by atoms with Gasteiger partial charge in [0.1, 0.15) is 5.82 Å². The zero-order valence-electron chi connectivity index (χ0n) is 10.1. The molecule has 0 aromatic carbocycles. The van der Waals surface area contributed by atoms with Gasteiger partial charge in [-0.05, 0) is 0 Å². The lowest BCUT2D eigenvalue weighted by Gasteiger charge is -2.06. The van der Waals surface area contributed by atoms with Crippen LogP contribution in [0.5, 0.6) is 0 Å². The van der Waals surface area contributed by atoms with Gasteiger partial charge in [0, 0.05) is 44.6 Å². The molecule has 0 spiro atoms. The molecule has 1 aromatic rings. The molecule has 1 heterocycles. The van der Waals surface area contributed by atoms with Crippen molar-refractivity contribution in [3.05, 3.63) is 23.8 Å². The summed E-state index contributed by atoms with van der Waals surface area (Å²) >= 11 is 0. The van der Waals surface area contributed by atoms with Crippen LogP contribution in [0.15, 0.2) is 12.4 Å². The van der Waals surface area contributed by atoms with Gasteiger partial charge < -0.3 is 10.1 Å². The molecule has 4 nitrogen and oxygen atoms in total. The number of aryl methyl sites for hydroxylation is 1. The normalized spacial score (nSPS) is 11.8. The van der Waals surface area contributed by atoms with Crippen molar-refractivity contribution in [2.75, 3.05) is 20.3 Å². The molecule has 0 saturated carbocycles. The molecule has 1 rings (SSSR count). The van der Waals surface area contributed by atoms with Crippen molar-refractivity contribution in [1.29, 1.82) is 0 Å². The van der Waals surface area contributed by atoms with Crippen LogP contribution in [0.25, 0.3) is 0 Å². The number of aromatic nitrogens is 2. The smallest absolute Gasteiger partial charge is 0.383 e. The molecule has 1 N–H and O–H groups in total. The van der Waals surface area contributed by atoms with Gasteiger partial charge in [0.05, 0.1) is 13.0 Å². The van der Waals surface area contributed by atoms with E-state index in [0.717, 1.165) is 5.56 Å². The first-order valence-corrected chi connectivity index (χ1v) is 5.57. The van der Waals surface area contributed by atoms with Crippen LogP contribution in [0, 0.1) is 0 Å². The number of rotatable bonds is 7. The fourth-order valence-electron chi connectivity index (χ4n) is 1.26. The van der Waals surface area contributed by atoms with E-state index in [4.69, 9.17) is 4.74 Å². The molecule has 0 bridgehead atoms. The average Bonchev–Trinajstić information content (AvgIpc) is 2.33. The standard InChI is InChI=1S/C11H16F3N3O/c1-18-5-4-15-6-9-7-16-10(17-8-9)2-3-11(12,13)14/h7-8,15H,2-6H2,1H3. The summed E-state index contributed by atoms with van der Waals surface area (Å²) < 4.78 is 40.8. The Hall–Kier alpha value is -1.21. The van der Waals surface area contributed by atoms with E-state index in [9.17, 15) is 13.2 Å². The van der Waals surface area contributed by atoms with Crippen LogP contribution in [-0.4, -0.2) is 36.4 Å². The lowest BCUT2D eigenvalue weighted by molar-refractivity contribution is -0.134. The monoisotopic (exact) mass is 263 g/mol. The van der Waals surface area contributed by atoms with E-state index in [0.29, 0.717) is 19.7 Å². The van der Waals surface area contributed by atoms with Crippen LogP contribution in [0.4, 0.5) is 13.2 Å². The van der Waals surface area contributed by atoms with Crippen LogP contribution < -0.4 is 5.32 Å². The maximum absolute atomic E-state index is 12.0. The predicted molar refractivity (Wildman–Crippen MR) is 60.0 cm³/mol. The highest BCUT2D eigenvalue weighted by molar-refractivity contribution is 5.05. The molecule has 0 radical (unpaired) electrons. The molecular formula is C11H16F3N3O. The Balaban J connectivity index is 2.33. The Morgan fingerprint density at radius 3 is 2.50 bits per heavy atom. The van der Waals surface area contributed by atoms with E-state index in [2.05, 4.69) is 15.3 Å². The first-order chi connectivity index (χ1) is 8.51. The zero-order chi connectivity index (χ0) is 13.4. The summed E-state index contributed by atoms with van der Waals surface area (Å²) in [4.78, 5) is 7.80. The minimum Gasteiger partial charge on any atom is -0.383 e. The summed E-state index contributed by atoms with van der Waals surface area (Å²) in [5.74, 6) is 0.216. The van der Waals surface area contributed by atoms with Crippen LogP contribution in [0.1, 0.15) is 17.8 Å². The molecule has 0 unspecified atom stereocenters. The molecule has 0 amide bonds. The van der Waals surface area contributed by atoms with Crippen molar-refractivity contribution < 1.29 is 17.9 Å². The SMILES string of the molecule is COCCNCc1cnc(CCC(F)(F)F)nc1. The van der Waals surface area contributed by atoms with Gasteiger partial charge in [0.25, 0.3) is 0 Å². The summed E-state index contributed by atoms with van der Waals surface area (Å²) in [6, 6.07) is 0. The quantitative estimate of drug-likeness (QED) is 0.761. The lowest BCUT2D eigenvalue weighted by atomic mass is 10.2. The van der Waals surface area contributed by atoms with E-state index in [-0.39, 0.29) is 12.2 Å². The van der Waals surface area contributed by atoms with Gasteiger partial charge >= 0.3 is 6.18 Å². The van der Waals surface area contributed by atoms with E-state index in [1.807, 2.05) is 0 Å². The van der Waals surface area contributed by atoms with Gasteiger partial charge in [-0.1, -0.05) is 0 Å². The fraction of sp³-hybridized carbons (Fsp3) is 0.636. The molecular weight excluding hydrogens is 247 g/mol. The van der Waals surface area contributed by atoms with Gasteiger partial charge in [-0.2, -0.15) is 13.2 Å². The number of nitrogens with one attached hydrogen (secondary N) is 1. The molecule has 0 aliphatic rings. The molecule has 102 valence electrons. The second kappa shape index (κ2) is 7.27. The number of nitrogens with zero attached hydrogens (tertiary/aromatic N) is 2. The van der Waals surface area contributed by atoms with Crippen LogP contribution in [0.2, 0.25) is 0 Å². The third-order valence-electron chi connectivity index (χ3n) is 2.20. The highest BCUT2D eigenvalue weighted by atomic mass is 19.4. The highest BCUT2D eigenvalue weighted by Crippen LogP contribution is 2.20. The molecule has 0 aliphatic heterocycles. The van der Waals surface area contributed by atoms with E-state index < -0.39 is 12.6 Å². The van der Waals surface area contributed by atoms with Crippen molar-refractivity contribution in [2.24, 2.45) is 0 Å². The van der Waals surface area contributed by atoms with Gasteiger partial charge in [0.15, 0.2) is 0 Å². The van der Waals surface area contributed by atoms with Crippen molar-refractivity contribution in [2.45, 2.75) is 25.6 Å². The molecule has 7 heteroatoms. The summed E-state index contributed by atoms with van der Waals surface area (Å²) in [5.41, 5.74) is 0.835. The van der Waals surface area contributed by atoms with Crippen molar-refractivity contribution in [3.63, 3.8) is 0 Å². The Morgan fingerprint density at radius 2 is 1.94 bits per heavy atom. The van der Waals surface area contributed by atoms with E-state index in [1.54, 1.807) is 19.5 Å². The van der Waals surface area contributed by atoms with Crippen molar-refractivity contribution in [1.82, 2.24) is 15.3 Å². The Bertz CT molecular complexity index is 340. The molecule has 1 aromatic heterocycles. The molecule has 0 fully saturated rings. The van der Waals surface area contributed by atoms with Crippen LogP contribution in [-0.2, 0) is 17.7 Å². The lowest BCUT2D eigenvalue weighted by Crippen LogP contribution is -2.19.